The SMILES string of the molecule is CCCCSSCCCCCCO[Si](C)(C)C(C)(C)C. The monoisotopic (exact) mass is 336 g/mol. The lowest BCUT2D eigenvalue weighted by atomic mass is 10.2. The van der Waals surface area contributed by atoms with E-state index in [1.54, 1.807) is 0 Å². The second-order valence-corrected chi connectivity index (χ2v) is 14.5. The smallest absolute Gasteiger partial charge is 0.191 e. The van der Waals surface area contributed by atoms with Crippen molar-refractivity contribution >= 4 is 29.9 Å². The van der Waals surface area contributed by atoms with Crippen LogP contribution in [0.1, 0.15) is 66.2 Å². The van der Waals surface area contributed by atoms with Gasteiger partial charge in [0, 0.05) is 18.1 Å². The van der Waals surface area contributed by atoms with Gasteiger partial charge in [0.15, 0.2) is 8.32 Å². The summed E-state index contributed by atoms with van der Waals surface area (Å²) in [7, 11) is 2.60. The van der Waals surface area contributed by atoms with E-state index in [9.17, 15) is 0 Å². The lowest BCUT2D eigenvalue weighted by molar-refractivity contribution is 0.278. The number of rotatable bonds is 12. The molecular formula is C16H36OS2Si. The molecule has 0 rings (SSSR count). The van der Waals surface area contributed by atoms with Gasteiger partial charge < -0.3 is 4.43 Å². The van der Waals surface area contributed by atoms with Crippen LogP contribution in [0.5, 0.6) is 0 Å². The fraction of sp³-hybridized carbons (Fsp3) is 1.00. The Balaban J connectivity index is 3.33. The summed E-state index contributed by atoms with van der Waals surface area (Å²) < 4.78 is 6.20. The molecule has 122 valence electrons. The van der Waals surface area contributed by atoms with Crippen molar-refractivity contribution in [3.63, 3.8) is 0 Å². The molecule has 0 spiro atoms. The molecule has 0 aromatic heterocycles. The minimum atomic E-state index is -1.51. The normalized spacial score (nSPS) is 12.9. The zero-order chi connectivity index (χ0) is 15.5. The molecule has 20 heavy (non-hydrogen) atoms. The predicted octanol–water partition coefficient (Wildman–Crippen LogP) is 6.75. The van der Waals surface area contributed by atoms with Gasteiger partial charge in [-0.15, -0.1) is 0 Å². The van der Waals surface area contributed by atoms with Crippen LogP contribution in [0.4, 0.5) is 0 Å². The maximum absolute atomic E-state index is 6.20. The second-order valence-electron chi connectivity index (χ2n) is 7.02. The molecular weight excluding hydrogens is 300 g/mol. The van der Waals surface area contributed by atoms with Crippen molar-refractivity contribution in [1.29, 1.82) is 0 Å². The van der Waals surface area contributed by atoms with Gasteiger partial charge in [-0.05, 0) is 37.4 Å². The van der Waals surface area contributed by atoms with E-state index in [0.717, 1.165) is 6.61 Å². The van der Waals surface area contributed by atoms with Crippen LogP contribution in [0.25, 0.3) is 0 Å². The minimum absolute atomic E-state index is 0.347. The van der Waals surface area contributed by atoms with Gasteiger partial charge in [-0.1, -0.05) is 68.5 Å². The van der Waals surface area contributed by atoms with Crippen LogP contribution in [-0.4, -0.2) is 26.4 Å². The third-order valence-electron chi connectivity index (χ3n) is 4.06. The molecule has 0 aliphatic heterocycles. The van der Waals surface area contributed by atoms with Crippen LogP contribution in [0.15, 0.2) is 0 Å². The number of hydrogen-bond donors (Lipinski definition) is 0. The Morgan fingerprint density at radius 3 is 1.95 bits per heavy atom. The van der Waals surface area contributed by atoms with Crippen molar-refractivity contribution in [3.8, 4) is 0 Å². The molecule has 0 aliphatic carbocycles. The Bertz CT molecular complexity index is 227. The third-order valence-corrected chi connectivity index (χ3v) is 11.2. The first kappa shape index (κ1) is 20.9. The molecule has 0 saturated heterocycles. The molecule has 0 unspecified atom stereocenters. The summed E-state index contributed by atoms with van der Waals surface area (Å²) in [5, 5.41) is 0.347. The number of unbranched alkanes of at least 4 members (excludes halogenated alkanes) is 4. The lowest BCUT2D eigenvalue weighted by Gasteiger charge is -2.36. The van der Waals surface area contributed by atoms with Crippen LogP contribution in [0, 0.1) is 0 Å². The van der Waals surface area contributed by atoms with E-state index in [2.05, 4.69) is 51.6 Å². The maximum atomic E-state index is 6.20. The maximum Gasteiger partial charge on any atom is 0.191 e. The molecule has 0 atom stereocenters. The van der Waals surface area contributed by atoms with Gasteiger partial charge in [0.2, 0.25) is 0 Å². The molecule has 0 saturated carbocycles. The lowest BCUT2D eigenvalue weighted by Crippen LogP contribution is -2.40. The van der Waals surface area contributed by atoms with Gasteiger partial charge in [0.05, 0.1) is 0 Å². The van der Waals surface area contributed by atoms with Crippen LogP contribution >= 0.6 is 21.6 Å². The van der Waals surface area contributed by atoms with Gasteiger partial charge in [0.1, 0.15) is 0 Å². The van der Waals surface area contributed by atoms with E-state index in [0.29, 0.717) is 5.04 Å². The molecule has 0 fully saturated rings. The van der Waals surface area contributed by atoms with E-state index in [-0.39, 0.29) is 0 Å². The highest BCUT2D eigenvalue weighted by Gasteiger charge is 2.36. The Labute approximate surface area is 136 Å². The largest absolute Gasteiger partial charge is 0.417 e. The standard InChI is InChI=1S/C16H36OS2Si/c1-7-8-14-18-19-15-12-10-9-11-13-17-20(5,6)16(2,3)4/h7-15H2,1-6H3. The van der Waals surface area contributed by atoms with E-state index in [1.165, 1.54) is 50.0 Å². The Morgan fingerprint density at radius 2 is 1.40 bits per heavy atom. The summed E-state index contributed by atoms with van der Waals surface area (Å²) in [5.41, 5.74) is 0. The van der Waals surface area contributed by atoms with Gasteiger partial charge >= 0.3 is 0 Å². The molecule has 0 amide bonds. The first-order valence-corrected chi connectivity index (χ1v) is 13.6. The Morgan fingerprint density at radius 1 is 0.850 bits per heavy atom. The summed E-state index contributed by atoms with van der Waals surface area (Å²) >= 11 is 0. The van der Waals surface area contributed by atoms with Crippen LogP contribution in [0.2, 0.25) is 18.1 Å². The van der Waals surface area contributed by atoms with E-state index < -0.39 is 8.32 Å². The molecule has 0 aromatic rings. The van der Waals surface area contributed by atoms with Gasteiger partial charge in [0.25, 0.3) is 0 Å². The number of hydrogen-bond acceptors (Lipinski definition) is 3. The predicted molar refractivity (Wildman–Crippen MR) is 101 cm³/mol. The molecule has 0 aromatic carbocycles. The van der Waals surface area contributed by atoms with Crippen LogP contribution in [0.3, 0.4) is 0 Å². The zero-order valence-electron chi connectivity index (χ0n) is 14.6. The fourth-order valence-electron chi connectivity index (χ4n) is 1.48. The fourth-order valence-corrected chi connectivity index (χ4v) is 4.95. The van der Waals surface area contributed by atoms with Crippen molar-refractivity contribution in [2.24, 2.45) is 0 Å². The third kappa shape index (κ3) is 10.6. The molecule has 4 heteroatoms. The summed E-state index contributed by atoms with van der Waals surface area (Å²) in [6.07, 6.45) is 7.98. The highest BCUT2D eigenvalue weighted by Crippen LogP contribution is 2.36. The Kier molecular flexibility index (Phi) is 11.9. The van der Waals surface area contributed by atoms with Gasteiger partial charge in [-0.2, -0.15) is 0 Å². The summed E-state index contributed by atoms with van der Waals surface area (Å²) in [4.78, 5) is 0. The zero-order valence-corrected chi connectivity index (χ0v) is 17.2. The summed E-state index contributed by atoms with van der Waals surface area (Å²) in [5.74, 6) is 2.64. The average molecular weight is 337 g/mol. The van der Waals surface area contributed by atoms with Gasteiger partial charge in [-0.25, -0.2) is 0 Å². The molecule has 0 aliphatic rings. The van der Waals surface area contributed by atoms with Crippen molar-refractivity contribution in [3.05, 3.63) is 0 Å². The quantitative estimate of drug-likeness (QED) is 0.221. The molecule has 1 nitrogen and oxygen atoms in total. The highest BCUT2D eigenvalue weighted by atomic mass is 33.1. The highest BCUT2D eigenvalue weighted by molar-refractivity contribution is 8.76. The Hall–Kier alpha value is 0.877. The molecule has 0 radical (unpaired) electrons. The topological polar surface area (TPSA) is 9.23 Å². The van der Waals surface area contributed by atoms with Crippen LogP contribution < -0.4 is 0 Å². The average Bonchev–Trinajstić information content (AvgIpc) is 2.34. The summed E-state index contributed by atoms with van der Waals surface area (Å²) in [6.45, 7) is 14.9. The van der Waals surface area contributed by atoms with Crippen LogP contribution in [-0.2, 0) is 4.43 Å². The second kappa shape index (κ2) is 11.4. The van der Waals surface area contributed by atoms with E-state index >= 15 is 0 Å². The van der Waals surface area contributed by atoms with Crippen molar-refractivity contribution in [2.45, 2.75) is 84.4 Å². The van der Waals surface area contributed by atoms with Crippen molar-refractivity contribution < 1.29 is 4.43 Å². The van der Waals surface area contributed by atoms with Crippen molar-refractivity contribution in [1.82, 2.24) is 0 Å². The van der Waals surface area contributed by atoms with Gasteiger partial charge in [-0.3, -0.25) is 0 Å². The minimum Gasteiger partial charge on any atom is -0.417 e. The first-order chi connectivity index (χ1) is 9.31. The van der Waals surface area contributed by atoms with E-state index in [4.69, 9.17) is 4.43 Å². The van der Waals surface area contributed by atoms with Crippen molar-refractivity contribution in [2.75, 3.05) is 18.1 Å². The summed E-state index contributed by atoms with van der Waals surface area (Å²) in [6, 6.07) is 0. The first-order valence-electron chi connectivity index (χ1n) is 8.19. The molecule has 0 N–H and O–H groups in total. The molecule has 0 heterocycles. The molecule has 0 bridgehead atoms. The van der Waals surface area contributed by atoms with E-state index in [1.807, 2.05) is 10.8 Å².